The maximum Gasteiger partial charge on any atom is 0.266 e. The van der Waals surface area contributed by atoms with Gasteiger partial charge in [0, 0.05) is 10.0 Å². The van der Waals surface area contributed by atoms with E-state index >= 15 is 0 Å². The summed E-state index contributed by atoms with van der Waals surface area (Å²) in [5.74, 6) is -0.214. The van der Waals surface area contributed by atoms with Crippen LogP contribution in [0.4, 0.5) is 8.78 Å². The molecule has 1 rings (SSSR count). The van der Waals surface area contributed by atoms with Crippen LogP contribution in [0.2, 0.25) is 5.02 Å². The Bertz CT molecular complexity index is 356. The van der Waals surface area contributed by atoms with Crippen LogP contribution in [0.5, 0.6) is 0 Å². The van der Waals surface area contributed by atoms with Crippen molar-refractivity contribution < 1.29 is 13.6 Å². The van der Waals surface area contributed by atoms with Crippen LogP contribution in [0.15, 0.2) is 16.6 Å². The Morgan fingerprint density at radius 2 is 2.07 bits per heavy atom. The molecule has 1 nitrogen and oxygen atoms in total. The van der Waals surface area contributed by atoms with Gasteiger partial charge in [-0.3, -0.25) is 4.79 Å². The number of carbonyl (C=O) groups excluding carboxylic acids is 1. The highest BCUT2D eigenvalue weighted by molar-refractivity contribution is 9.10. The summed E-state index contributed by atoms with van der Waals surface area (Å²) in [6.45, 7) is 1.35. The summed E-state index contributed by atoms with van der Waals surface area (Å²) < 4.78 is 25.0. The van der Waals surface area contributed by atoms with E-state index in [2.05, 4.69) is 15.9 Å². The van der Waals surface area contributed by atoms with Crippen molar-refractivity contribution >= 4 is 33.3 Å². The minimum atomic E-state index is -2.65. The summed E-state index contributed by atoms with van der Waals surface area (Å²) >= 11 is 8.56. The van der Waals surface area contributed by atoms with Crippen LogP contribution in [0.1, 0.15) is 29.3 Å². The summed E-state index contributed by atoms with van der Waals surface area (Å²) in [6.07, 6.45) is -2.65. The smallest absolute Gasteiger partial charge is 0.266 e. The van der Waals surface area contributed by atoms with Gasteiger partial charge in [0.2, 0.25) is 0 Å². The second-order valence-electron chi connectivity index (χ2n) is 2.71. The van der Waals surface area contributed by atoms with E-state index in [1.54, 1.807) is 0 Å². The first kappa shape index (κ1) is 11.6. The predicted octanol–water partition coefficient (Wildman–Crippen LogP) is 4.24. The fourth-order valence-electron chi connectivity index (χ4n) is 0.996. The van der Waals surface area contributed by atoms with Gasteiger partial charge in [-0.05, 0) is 19.1 Å². The van der Waals surface area contributed by atoms with Gasteiger partial charge in [0.25, 0.3) is 6.43 Å². The first-order valence-corrected chi connectivity index (χ1v) is 4.88. The molecule has 0 N–H and O–H groups in total. The Labute approximate surface area is 93.2 Å². The number of rotatable bonds is 2. The quantitative estimate of drug-likeness (QED) is 0.742. The lowest BCUT2D eigenvalue weighted by Gasteiger charge is -2.07. The van der Waals surface area contributed by atoms with Gasteiger partial charge < -0.3 is 0 Å². The molecule has 1 aromatic carbocycles. The van der Waals surface area contributed by atoms with Crippen LogP contribution in [0.25, 0.3) is 0 Å². The van der Waals surface area contributed by atoms with Crippen molar-refractivity contribution in [2.75, 3.05) is 0 Å². The number of benzene rings is 1. The molecule has 0 atom stereocenters. The fourth-order valence-corrected chi connectivity index (χ4v) is 2.05. The van der Waals surface area contributed by atoms with Crippen LogP contribution < -0.4 is 0 Å². The molecule has 0 unspecified atom stereocenters. The molecule has 76 valence electrons. The normalized spacial score (nSPS) is 10.7. The van der Waals surface area contributed by atoms with Crippen LogP contribution >= 0.6 is 27.5 Å². The van der Waals surface area contributed by atoms with Crippen molar-refractivity contribution in [3.63, 3.8) is 0 Å². The zero-order valence-electron chi connectivity index (χ0n) is 7.15. The summed E-state index contributed by atoms with van der Waals surface area (Å²) in [7, 11) is 0. The predicted molar refractivity (Wildman–Crippen MR) is 54.1 cm³/mol. The van der Waals surface area contributed by atoms with E-state index in [9.17, 15) is 13.6 Å². The van der Waals surface area contributed by atoms with Crippen molar-refractivity contribution in [3.8, 4) is 0 Å². The number of alkyl halides is 2. The van der Waals surface area contributed by atoms with E-state index in [0.717, 1.165) is 0 Å². The summed E-state index contributed by atoms with van der Waals surface area (Å²) in [6, 6.07) is 2.59. The van der Waals surface area contributed by atoms with Crippen LogP contribution in [0, 0.1) is 0 Å². The van der Waals surface area contributed by atoms with Crippen molar-refractivity contribution in [1.82, 2.24) is 0 Å². The molecule has 0 aliphatic carbocycles. The molecule has 0 radical (unpaired) electrons. The Morgan fingerprint density at radius 1 is 1.50 bits per heavy atom. The highest BCUT2D eigenvalue weighted by Gasteiger charge is 2.17. The Hall–Kier alpha value is -0.480. The number of hydrogen-bond acceptors (Lipinski definition) is 1. The van der Waals surface area contributed by atoms with Gasteiger partial charge >= 0.3 is 0 Å². The summed E-state index contributed by atoms with van der Waals surface area (Å²) in [5.41, 5.74) is 0.0305. The molecule has 0 aliphatic rings. The van der Waals surface area contributed by atoms with Crippen molar-refractivity contribution in [3.05, 3.63) is 32.8 Å². The second-order valence-corrected chi connectivity index (χ2v) is 3.97. The first-order chi connectivity index (χ1) is 6.43. The molecule has 0 fully saturated rings. The van der Waals surface area contributed by atoms with E-state index in [0.29, 0.717) is 5.56 Å². The highest BCUT2D eigenvalue weighted by atomic mass is 79.9. The van der Waals surface area contributed by atoms with Gasteiger partial charge in [-0.1, -0.05) is 27.5 Å². The zero-order valence-corrected chi connectivity index (χ0v) is 9.49. The molecular weight excluding hydrogens is 277 g/mol. The van der Waals surface area contributed by atoms with Gasteiger partial charge in [0.15, 0.2) is 5.78 Å². The van der Waals surface area contributed by atoms with E-state index in [1.165, 1.54) is 19.1 Å². The molecule has 14 heavy (non-hydrogen) atoms. The number of Topliss-reactive ketones (excluding diaryl/α,β-unsaturated/α-hetero) is 1. The minimum Gasteiger partial charge on any atom is -0.295 e. The number of ketones is 1. The molecule has 0 aliphatic heterocycles. The fraction of sp³-hybridized carbons (Fsp3) is 0.222. The van der Waals surface area contributed by atoms with E-state index in [4.69, 9.17) is 11.6 Å². The monoisotopic (exact) mass is 282 g/mol. The van der Waals surface area contributed by atoms with Gasteiger partial charge in [-0.15, -0.1) is 0 Å². The molecule has 0 amide bonds. The standard InChI is InChI=1S/C9H6BrClF2O/c1-4(14)5-2-6(10)8(9(12)13)7(11)3-5/h2-3,9H,1H3. The molecule has 5 heteroatoms. The van der Waals surface area contributed by atoms with E-state index in [1.807, 2.05) is 0 Å². The molecule has 0 saturated heterocycles. The molecular formula is C9H6BrClF2O. The number of carbonyl (C=O) groups is 1. The first-order valence-electron chi connectivity index (χ1n) is 3.71. The molecule has 0 aromatic heterocycles. The van der Waals surface area contributed by atoms with Gasteiger partial charge in [0.1, 0.15) is 0 Å². The van der Waals surface area contributed by atoms with Crippen molar-refractivity contribution in [2.24, 2.45) is 0 Å². The van der Waals surface area contributed by atoms with Gasteiger partial charge in [0.05, 0.1) is 10.6 Å². The van der Waals surface area contributed by atoms with Crippen molar-refractivity contribution in [2.45, 2.75) is 13.3 Å². The van der Waals surface area contributed by atoms with Crippen LogP contribution in [-0.4, -0.2) is 5.78 Å². The minimum absolute atomic E-state index is 0.0976. The second kappa shape index (κ2) is 4.36. The largest absolute Gasteiger partial charge is 0.295 e. The lowest BCUT2D eigenvalue weighted by molar-refractivity contribution is 0.101. The van der Waals surface area contributed by atoms with Gasteiger partial charge in [-0.2, -0.15) is 0 Å². The molecule has 0 heterocycles. The molecule has 0 saturated carbocycles. The zero-order chi connectivity index (χ0) is 10.9. The van der Waals surface area contributed by atoms with Crippen LogP contribution in [-0.2, 0) is 0 Å². The lowest BCUT2D eigenvalue weighted by Crippen LogP contribution is -1.96. The Morgan fingerprint density at radius 3 is 2.43 bits per heavy atom. The van der Waals surface area contributed by atoms with Crippen molar-refractivity contribution in [1.29, 1.82) is 0 Å². The average Bonchev–Trinajstić information content (AvgIpc) is 2.01. The highest BCUT2D eigenvalue weighted by Crippen LogP contribution is 2.34. The summed E-state index contributed by atoms with van der Waals surface area (Å²) in [4.78, 5) is 11.0. The average molecular weight is 283 g/mol. The van der Waals surface area contributed by atoms with E-state index < -0.39 is 6.43 Å². The lowest BCUT2D eigenvalue weighted by atomic mass is 10.1. The SMILES string of the molecule is CC(=O)c1cc(Cl)c(C(F)F)c(Br)c1. The number of hydrogen-bond donors (Lipinski definition) is 0. The molecule has 1 aromatic rings. The molecule has 0 spiro atoms. The van der Waals surface area contributed by atoms with E-state index in [-0.39, 0.29) is 20.8 Å². The maximum absolute atomic E-state index is 12.4. The summed E-state index contributed by atoms with van der Waals surface area (Å²) in [5, 5.41) is -0.0976. The topological polar surface area (TPSA) is 17.1 Å². The molecule has 0 bridgehead atoms. The third-order valence-corrected chi connectivity index (χ3v) is 2.67. The number of halogens is 4. The Kier molecular flexibility index (Phi) is 3.61. The third-order valence-electron chi connectivity index (χ3n) is 1.70. The third kappa shape index (κ3) is 2.30. The Balaban J connectivity index is 3.32. The van der Waals surface area contributed by atoms with Crippen LogP contribution in [0.3, 0.4) is 0 Å². The van der Waals surface area contributed by atoms with Gasteiger partial charge in [-0.25, -0.2) is 8.78 Å². The maximum atomic E-state index is 12.4.